The highest BCUT2D eigenvalue weighted by Crippen LogP contribution is 2.42. The summed E-state index contributed by atoms with van der Waals surface area (Å²) in [5, 5.41) is 8.59. The van der Waals surface area contributed by atoms with Crippen molar-refractivity contribution < 1.29 is 8.42 Å². The summed E-state index contributed by atoms with van der Waals surface area (Å²) in [4.78, 5) is 7.97. The van der Waals surface area contributed by atoms with Crippen LogP contribution in [0.5, 0.6) is 0 Å². The number of sulfonamides is 1. The van der Waals surface area contributed by atoms with Crippen molar-refractivity contribution in [1.29, 1.82) is 0 Å². The second-order valence-corrected chi connectivity index (χ2v) is 7.09. The van der Waals surface area contributed by atoms with E-state index in [-0.39, 0.29) is 28.0 Å². The van der Waals surface area contributed by atoms with E-state index in [1.165, 1.54) is 12.1 Å². The molecule has 1 aromatic carbocycles. The van der Waals surface area contributed by atoms with E-state index in [1.807, 2.05) is 0 Å². The van der Waals surface area contributed by atoms with Crippen LogP contribution in [0.15, 0.2) is 35.2 Å². The first-order valence-electron chi connectivity index (χ1n) is 6.52. The number of nitrogens with two attached hydrogens (primary N) is 2. The number of benzene rings is 1. The number of nitrogens with zero attached hydrogens (tertiary/aromatic N) is 2. The summed E-state index contributed by atoms with van der Waals surface area (Å²) in [6.07, 6.45) is 0.913. The van der Waals surface area contributed by atoms with E-state index in [0.29, 0.717) is 5.82 Å². The third-order valence-corrected chi connectivity index (χ3v) is 4.60. The van der Waals surface area contributed by atoms with Gasteiger partial charge in [-0.2, -0.15) is 4.98 Å². The van der Waals surface area contributed by atoms with Crippen molar-refractivity contribution in [3.63, 3.8) is 0 Å². The van der Waals surface area contributed by atoms with Gasteiger partial charge in [0.25, 0.3) is 0 Å². The van der Waals surface area contributed by atoms with Crippen LogP contribution in [0.1, 0.15) is 17.9 Å². The first-order valence-corrected chi connectivity index (χ1v) is 8.45. The normalized spacial score (nSPS) is 20.6. The maximum Gasteiger partial charge on any atom is 0.238 e. The average molecular weight is 340 g/mol. The quantitative estimate of drug-likeness (QED) is 0.722. The molecule has 9 heteroatoms. The lowest BCUT2D eigenvalue weighted by molar-refractivity contribution is 0.598. The molecule has 0 bridgehead atoms. The molecule has 22 heavy (non-hydrogen) atoms. The highest BCUT2D eigenvalue weighted by Gasteiger charge is 2.38. The highest BCUT2D eigenvalue weighted by molar-refractivity contribution is 7.89. The second-order valence-electron chi connectivity index (χ2n) is 5.14. The summed E-state index contributed by atoms with van der Waals surface area (Å²) in [5.74, 6) is 0.973. The first-order chi connectivity index (χ1) is 10.3. The lowest BCUT2D eigenvalue weighted by atomic mass is 10.1. The van der Waals surface area contributed by atoms with Crippen LogP contribution in [0.4, 0.5) is 11.8 Å². The lowest BCUT2D eigenvalue weighted by Crippen LogP contribution is -2.12. The summed E-state index contributed by atoms with van der Waals surface area (Å²) < 4.78 is 22.5. The molecule has 5 N–H and O–H groups in total. The molecule has 0 unspecified atom stereocenters. The van der Waals surface area contributed by atoms with E-state index >= 15 is 0 Å². The van der Waals surface area contributed by atoms with Crippen LogP contribution in [-0.2, 0) is 10.0 Å². The van der Waals surface area contributed by atoms with Crippen molar-refractivity contribution in [3.05, 3.63) is 41.0 Å². The van der Waals surface area contributed by atoms with Crippen molar-refractivity contribution in [3.8, 4) is 0 Å². The van der Waals surface area contributed by atoms with Gasteiger partial charge in [-0.05, 0) is 24.1 Å². The van der Waals surface area contributed by atoms with Crippen LogP contribution in [0.25, 0.3) is 0 Å². The predicted octanol–water partition coefficient (Wildman–Crippen LogP) is 1.33. The number of primary sulfonamides is 1. The van der Waals surface area contributed by atoms with Gasteiger partial charge in [0, 0.05) is 18.0 Å². The zero-order valence-electron chi connectivity index (χ0n) is 11.4. The minimum atomic E-state index is -3.66. The summed E-state index contributed by atoms with van der Waals surface area (Å²) in [7, 11) is -3.66. The summed E-state index contributed by atoms with van der Waals surface area (Å²) in [6, 6.07) is 8.38. The number of rotatable bonds is 4. The number of halogens is 1. The van der Waals surface area contributed by atoms with Gasteiger partial charge in [0.2, 0.25) is 16.0 Å². The molecule has 1 aromatic heterocycles. The monoisotopic (exact) mass is 339 g/mol. The zero-order valence-corrected chi connectivity index (χ0v) is 13.0. The van der Waals surface area contributed by atoms with Crippen LogP contribution in [0, 0.1) is 0 Å². The van der Waals surface area contributed by atoms with Crippen molar-refractivity contribution in [2.45, 2.75) is 23.3 Å². The number of aromatic nitrogens is 2. The Morgan fingerprint density at radius 2 is 1.91 bits per heavy atom. The predicted molar refractivity (Wildman–Crippen MR) is 84.0 cm³/mol. The molecule has 2 aromatic rings. The van der Waals surface area contributed by atoms with E-state index < -0.39 is 10.0 Å². The Bertz CT molecular complexity index is 789. The third-order valence-electron chi connectivity index (χ3n) is 3.47. The SMILES string of the molecule is Nc1nc(Cl)cc(N[C@H]2C[C@@H]2c2ccc(S(N)(=O)=O)cc2)n1. The van der Waals surface area contributed by atoms with Gasteiger partial charge in [-0.3, -0.25) is 0 Å². The van der Waals surface area contributed by atoms with Crippen molar-refractivity contribution in [1.82, 2.24) is 9.97 Å². The van der Waals surface area contributed by atoms with Gasteiger partial charge < -0.3 is 11.1 Å². The molecule has 1 aliphatic carbocycles. The topological polar surface area (TPSA) is 124 Å². The van der Waals surface area contributed by atoms with E-state index in [1.54, 1.807) is 18.2 Å². The standard InChI is InChI=1S/C13H14ClN5O2S/c14-11-6-12(19-13(15)18-11)17-10-5-9(10)7-1-3-8(4-2-7)22(16,20)21/h1-4,6,9-10H,5H2,(H2,16,20,21)(H3,15,17,18,19)/t9-,10+/m1/s1. The minimum absolute atomic E-state index is 0.108. The molecule has 0 amide bonds. The van der Waals surface area contributed by atoms with E-state index in [2.05, 4.69) is 15.3 Å². The third kappa shape index (κ3) is 3.29. The van der Waals surface area contributed by atoms with Crippen molar-refractivity contribution in [2.75, 3.05) is 11.1 Å². The summed E-state index contributed by atoms with van der Waals surface area (Å²) >= 11 is 5.83. The van der Waals surface area contributed by atoms with Crippen LogP contribution in [0.2, 0.25) is 5.15 Å². The molecule has 1 heterocycles. The average Bonchev–Trinajstić information content (AvgIpc) is 3.16. The summed E-state index contributed by atoms with van der Waals surface area (Å²) in [6.45, 7) is 0. The Labute approximate surface area is 132 Å². The van der Waals surface area contributed by atoms with E-state index in [4.69, 9.17) is 22.5 Å². The lowest BCUT2D eigenvalue weighted by Gasteiger charge is -2.06. The molecule has 3 rings (SSSR count). The number of nitrogen functional groups attached to an aromatic ring is 1. The molecule has 1 fully saturated rings. The molecular formula is C13H14ClN5O2S. The van der Waals surface area contributed by atoms with Crippen LogP contribution >= 0.6 is 11.6 Å². The van der Waals surface area contributed by atoms with E-state index in [0.717, 1.165) is 12.0 Å². The van der Waals surface area contributed by atoms with Gasteiger partial charge in [-0.15, -0.1) is 0 Å². The largest absolute Gasteiger partial charge is 0.368 e. The van der Waals surface area contributed by atoms with Gasteiger partial charge >= 0.3 is 0 Å². The Morgan fingerprint density at radius 1 is 1.23 bits per heavy atom. The van der Waals surface area contributed by atoms with Crippen LogP contribution < -0.4 is 16.2 Å². The number of anilines is 2. The molecule has 0 aliphatic heterocycles. The van der Waals surface area contributed by atoms with E-state index in [9.17, 15) is 8.42 Å². The van der Waals surface area contributed by atoms with Gasteiger partial charge in [-0.25, -0.2) is 18.5 Å². The van der Waals surface area contributed by atoms with Crippen LogP contribution in [-0.4, -0.2) is 24.4 Å². The Morgan fingerprint density at radius 3 is 2.50 bits per heavy atom. The maximum atomic E-state index is 11.2. The molecule has 0 spiro atoms. The molecule has 1 saturated carbocycles. The molecule has 0 saturated heterocycles. The maximum absolute atomic E-state index is 11.2. The molecule has 116 valence electrons. The molecule has 2 atom stereocenters. The fourth-order valence-electron chi connectivity index (χ4n) is 2.33. The minimum Gasteiger partial charge on any atom is -0.368 e. The molecule has 7 nitrogen and oxygen atoms in total. The Kier molecular flexibility index (Phi) is 3.67. The van der Waals surface area contributed by atoms with Crippen molar-refractivity contribution >= 4 is 33.4 Å². The number of hydrogen-bond donors (Lipinski definition) is 3. The fraction of sp³-hybridized carbons (Fsp3) is 0.231. The smallest absolute Gasteiger partial charge is 0.238 e. The Hall–Kier alpha value is -1.90. The van der Waals surface area contributed by atoms with Gasteiger partial charge in [-0.1, -0.05) is 23.7 Å². The van der Waals surface area contributed by atoms with Crippen molar-refractivity contribution in [2.24, 2.45) is 5.14 Å². The second kappa shape index (κ2) is 5.38. The van der Waals surface area contributed by atoms with Crippen LogP contribution in [0.3, 0.4) is 0 Å². The zero-order chi connectivity index (χ0) is 15.9. The summed E-state index contributed by atoms with van der Waals surface area (Å²) in [5.41, 5.74) is 6.58. The number of hydrogen-bond acceptors (Lipinski definition) is 6. The first kappa shape index (κ1) is 15.0. The number of nitrogens with one attached hydrogen (secondary N) is 1. The van der Waals surface area contributed by atoms with Gasteiger partial charge in [0.15, 0.2) is 0 Å². The van der Waals surface area contributed by atoms with Gasteiger partial charge in [0.1, 0.15) is 11.0 Å². The Balaban J connectivity index is 1.69. The highest BCUT2D eigenvalue weighted by atomic mass is 35.5. The van der Waals surface area contributed by atoms with Gasteiger partial charge in [0.05, 0.1) is 4.90 Å². The molecule has 1 aliphatic rings. The fourth-order valence-corrected chi connectivity index (χ4v) is 3.03. The molecular weight excluding hydrogens is 326 g/mol. The molecule has 0 radical (unpaired) electrons.